The minimum Gasteiger partial charge on any atom is -0.377 e. The van der Waals surface area contributed by atoms with E-state index in [1.807, 2.05) is 18.7 Å². The Morgan fingerprint density at radius 1 is 1.15 bits per heavy atom. The van der Waals surface area contributed by atoms with Crippen LogP contribution in [0.4, 0.5) is 0 Å². The molecule has 0 aromatic carbocycles. The summed E-state index contributed by atoms with van der Waals surface area (Å²) >= 11 is 0. The molecule has 3 aliphatic rings. The molecular weight excluding hydrogens is 330 g/mol. The molecule has 6 heteroatoms. The number of aryl methyl sites for hydroxylation is 2. The van der Waals surface area contributed by atoms with Crippen LogP contribution < -0.4 is 0 Å². The number of carbonyl (C=O) groups is 1. The molecule has 0 N–H and O–H groups in total. The monoisotopic (exact) mass is 361 g/mol. The van der Waals surface area contributed by atoms with Gasteiger partial charge in [0.15, 0.2) is 0 Å². The van der Waals surface area contributed by atoms with E-state index < -0.39 is 0 Å². The summed E-state index contributed by atoms with van der Waals surface area (Å²) in [5.41, 5.74) is 1.62. The molecule has 0 unspecified atom stereocenters. The van der Waals surface area contributed by atoms with Crippen LogP contribution in [-0.2, 0) is 4.74 Å². The van der Waals surface area contributed by atoms with Crippen LogP contribution in [0.1, 0.15) is 66.8 Å². The maximum absolute atomic E-state index is 13.0. The van der Waals surface area contributed by atoms with E-state index >= 15 is 0 Å². The summed E-state index contributed by atoms with van der Waals surface area (Å²) in [6, 6.07) is 0. The predicted octanol–water partition coefficient (Wildman–Crippen LogP) is 2.93. The van der Waals surface area contributed by atoms with E-state index in [0.29, 0.717) is 23.1 Å². The van der Waals surface area contributed by atoms with Crippen molar-refractivity contribution in [1.29, 1.82) is 0 Å². The number of carbonyl (C=O) groups excluding carboxylic acids is 1. The molecule has 0 aliphatic carbocycles. The normalized spacial score (nSPS) is 30.2. The fourth-order valence-electron chi connectivity index (χ4n) is 5.21. The van der Waals surface area contributed by atoms with E-state index in [2.05, 4.69) is 10.1 Å². The van der Waals surface area contributed by atoms with Gasteiger partial charge in [0.1, 0.15) is 11.3 Å². The Kier molecular flexibility index (Phi) is 5.06. The Balaban J connectivity index is 1.44. The van der Waals surface area contributed by atoms with Gasteiger partial charge in [-0.3, -0.25) is 9.69 Å². The minimum absolute atomic E-state index is 0.0852. The molecule has 0 saturated carbocycles. The second-order valence-corrected chi connectivity index (χ2v) is 8.25. The maximum Gasteiger partial charge on any atom is 0.259 e. The van der Waals surface area contributed by atoms with E-state index in [1.165, 1.54) is 38.6 Å². The average Bonchev–Trinajstić information content (AvgIpc) is 3.30. The molecule has 1 amide bonds. The molecule has 3 aliphatic heterocycles. The minimum atomic E-state index is 0.0852. The number of ether oxygens (including phenoxy) is 1. The number of rotatable bonds is 3. The van der Waals surface area contributed by atoms with Crippen molar-refractivity contribution in [1.82, 2.24) is 15.0 Å². The first-order valence-electron chi connectivity index (χ1n) is 10.2. The second kappa shape index (κ2) is 7.31. The highest BCUT2D eigenvalue weighted by Crippen LogP contribution is 2.39. The predicted molar refractivity (Wildman–Crippen MR) is 98.2 cm³/mol. The van der Waals surface area contributed by atoms with E-state index in [-0.39, 0.29) is 11.4 Å². The van der Waals surface area contributed by atoms with Crippen molar-refractivity contribution in [3.63, 3.8) is 0 Å². The standard InChI is InChI=1S/C20H31N3O3/c1-15-18(16(2)26-21-15)19(24)22-10-4-7-20(9-12-22)8-5-11-23(20)14-17-6-3-13-25-17/h17H,3-14H2,1-2H3/t17-,20+/m0/s1. The molecule has 1 aromatic rings. The molecule has 3 saturated heterocycles. The lowest BCUT2D eigenvalue weighted by molar-refractivity contribution is 0.0339. The Morgan fingerprint density at radius 3 is 2.65 bits per heavy atom. The molecule has 0 radical (unpaired) electrons. The van der Waals surface area contributed by atoms with Gasteiger partial charge in [0, 0.05) is 31.8 Å². The molecular formula is C20H31N3O3. The highest BCUT2D eigenvalue weighted by Gasteiger charge is 2.43. The van der Waals surface area contributed by atoms with Crippen LogP contribution in [-0.4, -0.2) is 65.3 Å². The van der Waals surface area contributed by atoms with Crippen molar-refractivity contribution in [2.24, 2.45) is 0 Å². The average molecular weight is 361 g/mol. The van der Waals surface area contributed by atoms with Gasteiger partial charge in [0.05, 0.1) is 11.8 Å². The molecule has 26 heavy (non-hydrogen) atoms. The number of hydrogen-bond donors (Lipinski definition) is 0. The molecule has 1 spiro atoms. The van der Waals surface area contributed by atoms with Crippen LogP contribution in [0.15, 0.2) is 4.52 Å². The van der Waals surface area contributed by atoms with Gasteiger partial charge in [0.2, 0.25) is 0 Å². The van der Waals surface area contributed by atoms with Gasteiger partial charge in [-0.25, -0.2) is 0 Å². The summed E-state index contributed by atoms with van der Waals surface area (Å²) in [6.07, 6.45) is 8.65. The topological polar surface area (TPSA) is 58.8 Å². The summed E-state index contributed by atoms with van der Waals surface area (Å²) in [4.78, 5) is 17.7. The van der Waals surface area contributed by atoms with Crippen LogP contribution in [0.2, 0.25) is 0 Å². The summed E-state index contributed by atoms with van der Waals surface area (Å²) in [6.45, 7) is 8.50. The Labute approximate surface area is 155 Å². The Bertz CT molecular complexity index is 633. The molecule has 6 nitrogen and oxygen atoms in total. The van der Waals surface area contributed by atoms with Crippen LogP contribution in [0.25, 0.3) is 0 Å². The van der Waals surface area contributed by atoms with Gasteiger partial charge in [-0.2, -0.15) is 0 Å². The summed E-state index contributed by atoms with van der Waals surface area (Å²) in [5.74, 6) is 0.717. The van der Waals surface area contributed by atoms with Crippen molar-refractivity contribution in [2.45, 2.75) is 70.4 Å². The number of likely N-dealkylation sites (tertiary alicyclic amines) is 2. The van der Waals surface area contributed by atoms with Crippen molar-refractivity contribution in [3.8, 4) is 0 Å². The number of aromatic nitrogens is 1. The van der Waals surface area contributed by atoms with Crippen LogP contribution in [0, 0.1) is 13.8 Å². The fourth-order valence-corrected chi connectivity index (χ4v) is 5.21. The van der Waals surface area contributed by atoms with Gasteiger partial charge in [-0.1, -0.05) is 5.16 Å². The zero-order valence-corrected chi connectivity index (χ0v) is 16.1. The van der Waals surface area contributed by atoms with Crippen molar-refractivity contribution in [2.75, 3.05) is 32.8 Å². The summed E-state index contributed by atoms with van der Waals surface area (Å²) in [7, 11) is 0. The SMILES string of the molecule is Cc1noc(C)c1C(=O)N1CCC[C@@]2(CCCN2C[C@@H]2CCCO2)CC1. The largest absolute Gasteiger partial charge is 0.377 e. The van der Waals surface area contributed by atoms with Crippen molar-refractivity contribution in [3.05, 3.63) is 17.0 Å². The first kappa shape index (κ1) is 18.0. The lowest BCUT2D eigenvalue weighted by Crippen LogP contribution is -2.47. The van der Waals surface area contributed by atoms with Gasteiger partial charge < -0.3 is 14.2 Å². The highest BCUT2D eigenvalue weighted by atomic mass is 16.5. The van der Waals surface area contributed by atoms with Crippen LogP contribution in [0.3, 0.4) is 0 Å². The summed E-state index contributed by atoms with van der Waals surface area (Å²) < 4.78 is 11.1. The molecule has 2 atom stereocenters. The lowest BCUT2D eigenvalue weighted by Gasteiger charge is -2.39. The van der Waals surface area contributed by atoms with Gasteiger partial charge >= 0.3 is 0 Å². The van der Waals surface area contributed by atoms with Crippen molar-refractivity contribution < 1.29 is 14.1 Å². The Morgan fingerprint density at radius 2 is 1.96 bits per heavy atom. The van der Waals surface area contributed by atoms with E-state index in [0.717, 1.165) is 39.1 Å². The quantitative estimate of drug-likeness (QED) is 0.828. The highest BCUT2D eigenvalue weighted by molar-refractivity contribution is 5.96. The first-order valence-corrected chi connectivity index (χ1v) is 10.2. The van der Waals surface area contributed by atoms with Crippen LogP contribution >= 0.6 is 0 Å². The van der Waals surface area contributed by atoms with Gasteiger partial charge in [-0.15, -0.1) is 0 Å². The molecule has 4 heterocycles. The summed E-state index contributed by atoms with van der Waals surface area (Å²) in [5, 5.41) is 3.95. The number of hydrogen-bond acceptors (Lipinski definition) is 5. The molecule has 4 rings (SSSR count). The van der Waals surface area contributed by atoms with E-state index in [4.69, 9.17) is 9.26 Å². The van der Waals surface area contributed by atoms with Crippen molar-refractivity contribution >= 4 is 5.91 Å². The molecule has 3 fully saturated rings. The van der Waals surface area contributed by atoms with Gasteiger partial charge in [-0.05, 0) is 65.3 Å². The fraction of sp³-hybridized carbons (Fsp3) is 0.800. The second-order valence-electron chi connectivity index (χ2n) is 8.25. The Hall–Kier alpha value is -1.40. The maximum atomic E-state index is 13.0. The smallest absolute Gasteiger partial charge is 0.259 e. The third-order valence-electron chi connectivity index (χ3n) is 6.64. The molecule has 0 bridgehead atoms. The third-order valence-corrected chi connectivity index (χ3v) is 6.64. The van der Waals surface area contributed by atoms with Gasteiger partial charge in [0.25, 0.3) is 5.91 Å². The molecule has 144 valence electrons. The zero-order chi connectivity index (χ0) is 18.1. The van der Waals surface area contributed by atoms with E-state index in [1.54, 1.807) is 0 Å². The number of amides is 1. The lowest BCUT2D eigenvalue weighted by atomic mass is 9.87. The number of nitrogens with zero attached hydrogens (tertiary/aromatic N) is 3. The van der Waals surface area contributed by atoms with Crippen LogP contribution in [0.5, 0.6) is 0 Å². The third kappa shape index (κ3) is 3.29. The molecule has 1 aromatic heterocycles. The van der Waals surface area contributed by atoms with E-state index in [9.17, 15) is 4.79 Å². The zero-order valence-electron chi connectivity index (χ0n) is 16.1. The first-order chi connectivity index (χ1) is 12.6.